The zero-order chi connectivity index (χ0) is 24.5. The van der Waals surface area contributed by atoms with Gasteiger partial charge in [-0.1, -0.05) is 6.92 Å². The Morgan fingerprint density at radius 3 is 2.53 bits per heavy atom. The van der Waals surface area contributed by atoms with Crippen LogP contribution in [-0.4, -0.2) is 44.4 Å². The quantitative estimate of drug-likeness (QED) is 0.526. The molecule has 0 saturated carbocycles. The first-order chi connectivity index (χ1) is 16.1. The smallest absolute Gasteiger partial charge is 0.366 e. The SMILES string of the molecule is CC1CC(C(C)Nc2ccc(C(F)(F)F)cn2)N(C(=O)c2cc(F)ccc2-c2ncccn2)C1. The fourth-order valence-electron chi connectivity index (χ4n) is 4.25. The van der Waals surface area contributed by atoms with Crippen molar-refractivity contribution in [2.24, 2.45) is 5.92 Å². The number of anilines is 1. The standard InChI is InChI=1S/C24H23F4N5O/c1-14-10-20(15(2)32-21-7-4-16(12-31-21)24(26,27)28)33(13-14)23(34)19-11-17(25)5-6-18(19)22-29-8-3-9-30-22/h3-9,11-12,14-15,20H,10,13H2,1-2H3,(H,31,32). The van der Waals surface area contributed by atoms with Crippen molar-refractivity contribution in [2.45, 2.75) is 38.5 Å². The summed E-state index contributed by atoms with van der Waals surface area (Å²) in [4.78, 5) is 27.5. The summed E-state index contributed by atoms with van der Waals surface area (Å²) in [7, 11) is 0. The number of amides is 1. The summed E-state index contributed by atoms with van der Waals surface area (Å²) in [5.41, 5.74) is -0.251. The van der Waals surface area contributed by atoms with Crippen molar-refractivity contribution in [3.05, 3.63) is 71.9 Å². The van der Waals surface area contributed by atoms with Crippen LogP contribution in [-0.2, 0) is 6.18 Å². The second kappa shape index (κ2) is 9.36. The van der Waals surface area contributed by atoms with E-state index in [4.69, 9.17) is 0 Å². The molecule has 3 atom stereocenters. The summed E-state index contributed by atoms with van der Waals surface area (Å²) >= 11 is 0. The van der Waals surface area contributed by atoms with Crippen LogP contribution in [0.2, 0.25) is 0 Å². The molecule has 34 heavy (non-hydrogen) atoms. The monoisotopic (exact) mass is 473 g/mol. The summed E-state index contributed by atoms with van der Waals surface area (Å²) in [5.74, 6) is -0.132. The molecule has 3 aromatic rings. The summed E-state index contributed by atoms with van der Waals surface area (Å²) < 4.78 is 52.6. The van der Waals surface area contributed by atoms with Gasteiger partial charge in [0, 0.05) is 36.7 Å². The molecule has 1 aliphatic rings. The van der Waals surface area contributed by atoms with E-state index in [0.29, 0.717) is 24.4 Å². The first kappa shape index (κ1) is 23.6. The predicted octanol–water partition coefficient (Wildman–Crippen LogP) is 5.05. The number of hydrogen-bond donors (Lipinski definition) is 1. The molecular weight excluding hydrogens is 450 g/mol. The van der Waals surface area contributed by atoms with Crippen LogP contribution in [0.1, 0.15) is 36.2 Å². The number of alkyl halides is 3. The minimum atomic E-state index is -4.47. The largest absolute Gasteiger partial charge is 0.417 e. The van der Waals surface area contributed by atoms with E-state index in [2.05, 4.69) is 20.3 Å². The molecule has 0 radical (unpaired) electrons. The molecular formula is C24H23F4N5O. The lowest BCUT2D eigenvalue weighted by molar-refractivity contribution is -0.137. The highest BCUT2D eigenvalue weighted by Crippen LogP contribution is 2.32. The molecule has 4 rings (SSSR count). The lowest BCUT2D eigenvalue weighted by atomic mass is 10.0. The normalized spacial score (nSPS) is 19.2. The molecule has 6 nitrogen and oxygen atoms in total. The zero-order valence-electron chi connectivity index (χ0n) is 18.6. The van der Waals surface area contributed by atoms with Gasteiger partial charge in [0.05, 0.1) is 17.2 Å². The van der Waals surface area contributed by atoms with Gasteiger partial charge in [0.25, 0.3) is 5.91 Å². The Labute approximate surface area is 194 Å². The van der Waals surface area contributed by atoms with Gasteiger partial charge in [-0.05, 0) is 55.7 Å². The molecule has 10 heteroatoms. The van der Waals surface area contributed by atoms with Crippen molar-refractivity contribution in [3.63, 3.8) is 0 Å². The maximum Gasteiger partial charge on any atom is 0.417 e. The van der Waals surface area contributed by atoms with Crippen LogP contribution in [0.25, 0.3) is 11.4 Å². The third kappa shape index (κ3) is 5.00. The third-order valence-electron chi connectivity index (χ3n) is 5.88. The number of pyridine rings is 1. The molecule has 1 aliphatic heterocycles. The number of nitrogens with zero attached hydrogens (tertiary/aromatic N) is 4. The molecule has 3 heterocycles. The van der Waals surface area contributed by atoms with Gasteiger partial charge in [0.15, 0.2) is 5.82 Å². The number of nitrogens with one attached hydrogen (secondary N) is 1. The Morgan fingerprint density at radius 1 is 1.15 bits per heavy atom. The number of carbonyl (C=O) groups excluding carboxylic acids is 1. The van der Waals surface area contributed by atoms with Crippen LogP contribution in [0.5, 0.6) is 0 Å². The summed E-state index contributed by atoms with van der Waals surface area (Å²) in [6, 6.07) is 7.21. The number of aromatic nitrogens is 3. The van der Waals surface area contributed by atoms with Gasteiger partial charge < -0.3 is 10.2 Å². The lowest BCUT2D eigenvalue weighted by Crippen LogP contribution is -2.45. The number of carbonyl (C=O) groups is 1. The van der Waals surface area contributed by atoms with Gasteiger partial charge in [-0.2, -0.15) is 13.2 Å². The molecule has 1 fully saturated rings. The van der Waals surface area contributed by atoms with Crippen molar-refractivity contribution >= 4 is 11.7 Å². The van der Waals surface area contributed by atoms with Crippen LogP contribution >= 0.6 is 0 Å². The molecule has 1 aromatic carbocycles. The second-order valence-corrected chi connectivity index (χ2v) is 8.49. The van der Waals surface area contributed by atoms with E-state index in [9.17, 15) is 22.4 Å². The molecule has 2 aromatic heterocycles. The molecule has 3 unspecified atom stereocenters. The Kier molecular flexibility index (Phi) is 6.49. The molecule has 0 spiro atoms. The van der Waals surface area contributed by atoms with Crippen LogP contribution in [0.4, 0.5) is 23.4 Å². The first-order valence-corrected chi connectivity index (χ1v) is 10.8. The van der Waals surface area contributed by atoms with E-state index in [0.717, 1.165) is 12.3 Å². The summed E-state index contributed by atoms with van der Waals surface area (Å²) in [6.45, 7) is 4.31. The average molecular weight is 473 g/mol. The lowest BCUT2D eigenvalue weighted by Gasteiger charge is -2.31. The maximum atomic E-state index is 14.1. The van der Waals surface area contributed by atoms with Crippen molar-refractivity contribution in [3.8, 4) is 11.4 Å². The molecule has 1 N–H and O–H groups in total. The van der Waals surface area contributed by atoms with E-state index in [1.807, 2.05) is 13.8 Å². The van der Waals surface area contributed by atoms with Gasteiger partial charge in [0.1, 0.15) is 11.6 Å². The summed E-state index contributed by atoms with van der Waals surface area (Å²) in [6.07, 6.45) is 0.0704. The van der Waals surface area contributed by atoms with Crippen molar-refractivity contribution in [1.82, 2.24) is 19.9 Å². The Hall–Kier alpha value is -3.56. The Balaban J connectivity index is 1.58. The second-order valence-electron chi connectivity index (χ2n) is 8.49. The van der Waals surface area contributed by atoms with Gasteiger partial charge >= 0.3 is 6.18 Å². The number of benzene rings is 1. The van der Waals surface area contributed by atoms with Crippen molar-refractivity contribution < 1.29 is 22.4 Å². The topological polar surface area (TPSA) is 71.0 Å². The van der Waals surface area contributed by atoms with Crippen molar-refractivity contribution in [1.29, 1.82) is 0 Å². The highest BCUT2D eigenvalue weighted by Gasteiger charge is 2.38. The van der Waals surface area contributed by atoms with Crippen LogP contribution < -0.4 is 5.32 Å². The highest BCUT2D eigenvalue weighted by molar-refractivity contribution is 6.00. The number of halogens is 4. The fourth-order valence-corrected chi connectivity index (χ4v) is 4.25. The fraction of sp³-hybridized carbons (Fsp3) is 0.333. The van der Waals surface area contributed by atoms with E-state index in [1.165, 1.54) is 24.3 Å². The van der Waals surface area contributed by atoms with Gasteiger partial charge in [-0.15, -0.1) is 0 Å². The van der Waals surface area contributed by atoms with Crippen molar-refractivity contribution in [2.75, 3.05) is 11.9 Å². The summed E-state index contributed by atoms with van der Waals surface area (Å²) in [5, 5.41) is 3.11. The minimum absolute atomic E-state index is 0.158. The minimum Gasteiger partial charge on any atom is -0.366 e. The van der Waals surface area contributed by atoms with Crippen LogP contribution in [0, 0.1) is 11.7 Å². The Morgan fingerprint density at radius 2 is 1.88 bits per heavy atom. The zero-order valence-corrected chi connectivity index (χ0v) is 18.6. The maximum absolute atomic E-state index is 14.1. The first-order valence-electron chi connectivity index (χ1n) is 10.8. The number of rotatable bonds is 5. The van der Waals surface area contributed by atoms with Gasteiger partial charge in [0.2, 0.25) is 0 Å². The van der Waals surface area contributed by atoms with Gasteiger partial charge in [-0.3, -0.25) is 4.79 Å². The molecule has 1 saturated heterocycles. The number of likely N-dealkylation sites (tertiary alicyclic amines) is 1. The highest BCUT2D eigenvalue weighted by atomic mass is 19.4. The number of hydrogen-bond acceptors (Lipinski definition) is 5. The average Bonchev–Trinajstić information content (AvgIpc) is 3.20. The predicted molar refractivity (Wildman–Crippen MR) is 118 cm³/mol. The van der Waals surface area contributed by atoms with Gasteiger partial charge in [-0.25, -0.2) is 19.3 Å². The van der Waals surface area contributed by atoms with E-state index >= 15 is 0 Å². The molecule has 0 aliphatic carbocycles. The third-order valence-corrected chi connectivity index (χ3v) is 5.88. The van der Waals surface area contributed by atoms with Crippen LogP contribution in [0.15, 0.2) is 55.0 Å². The van der Waals surface area contributed by atoms with E-state index in [-0.39, 0.29) is 35.3 Å². The molecule has 0 bridgehead atoms. The molecule has 1 amide bonds. The van der Waals surface area contributed by atoms with E-state index < -0.39 is 17.6 Å². The molecule has 178 valence electrons. The van der Waals surface area contributed by atoms with Crippen LogP contribution in [0.3, 0.4) is 0 Å². The van der Waals surface area contributed by atoms with E-state index in [1.54, 1.807) is 23.4 Å². The Bertz CT molecular complexity index is 1150.